The third-order valence-corrected chi connectivity index (χ3v) is 17.4. The number of phosphoric acid groups is 1. The number of nitrogens with zero attached hydrogens (tertiary/aromatic N) is 1. The highest BCUT2D eigenvalue weighted by Gasteiger charge is 2.22. The number of rotatable bonds is 69. The molecule has 0 aromatic rings. The first-order valence-corrected chi connectivity index (χ1v) is 38.8. The minimum Gasteiger partial charge on any atom is -0.756 e. The van der Waals surface area contributed by atoms with E-state index in [-0.39, 0.29) is 32.0 Å². The van der Waals surface area contributed by atoms with Crippen LogP contribution in [0.5, 0.6) is 0 Å². The van der Waals surface area contributed by atoms with Gasteiger partial charge in [-0.05, 0) is 89.9 Å². The molecule has 0 fully saturated rings. The van der Waals surface area contributed by atoms with E-state index < -0.39 is 26.5 Å². The number of likely N-dealkylation sites (N-methyl/N-ethyl adjacent to an activating group) is 1. The van der Waals surface area contributed by atoms with Gasteiger partial charge in [-0.25, -0.2) is 0 Å². The number of phosphoric ester groups is 1. The van der Waals surface area contributed by atoms with Crippen LogP contribution >= 0.6 is 7.82 Å². The lowest BCUT2D eigenvalue weighted by Gasteiger charge is -2.28. The van der Waals surface area contributed by atoms with Crippen LogP contribution in [0.25, 0.3) is 0 Å². The Morgan fingerprint density at radius 2 is 0.648 bits per heavy atom. The van der Waals surface area contributed by atoms with E-state index in [2.05, 4.69) is 98.9 Å². The van der Waals surface area contributed by atoms with Crippen LogP contribution in [-0.2, 0) is 32.7 Å². The molecular formula is C78H142NO8P. The van der Waals surface area contributed by atoms with Gasteiger partial charge in [0.25, 0.3) is 7.82 Å². The lowest BCUT2D eigenvalue weighted by atomic mass is 10.0. The molecule has 0 radical (unpaired) electrons. The zero-order chi connectivity index (χ0) is 64.1. The first-order chi connectivity index (χ1) is 43.0. The molecule has 512 valence electrons. The average Bonchev–Trinajstić information content (AvgIpc) is 3.68. The Morgan fingerprint density at radius 1 is 0.364 bits per heavy atom. The van der Waals surface area contributed by atoms with Crippen LogP contribution in [-0.4, -0.2) is 70.0 Å². The van der Waals surface area contributed by atoms with Gasteiger partial charge in [-0.1, -0.05) is 330 Å². The van der Waals surface area contributed by atoms with Crippen molar-refractivity contribution in [1.29, 1.82) is 0 Å². The molecule has 0 N–H and O–H groups in total. The lowest BCUT2D eigenvalue weighted by Crippen LogP contribution is -2.37. The van der Waals surface area contributed by atoms with E-state index in [0.29, 0.717) is 17.4 Å². The van der Waals surface area contributed by atoms with E-state index in [9.17, 15) is 19.0 Å². The molecule has 9 nitrogen and oxygen atoms in total. The van der Waals surface area contributed by atoms with Gasteiger partial charge in [-0.3, -0.25) is 14.2 Å². The molecular weight excluding hydrogens is 1110 g/mol. The molecule has 0 aliphatic carbocycles. The number of unbranched alkanes of at least 4 members (excludes halogenated alkanes) is 41. The summed E-state index contributed by atoms with van der Waals surface area (Å²) in [4.78, 5) is 38.1. The van der Waals surface area contributed by atoms with Crippen molar-refractivity contribution in [2.24, 2.45) is 0 Å². The van der Waals surface area contributed by atoms with Crippen molar-refractivity contribution in [2.75, 3.05) is 47.5 Å². The van der Waals surface area contributed by atoms with E-state index in [4.69, 9.17) is 18.5 Å². The number of hydrogen-bond donors (Lipinski definition) is 0. The van der Waals surface area contributed by atoms with E-state index in [1.165, 1.54) is 238 Å². The van der Waals surface area contributed by atoms with E-state index in [1.54, 1.807) is 0 Å². The highest BCUT2D eigenvalue weighted by molar-refractivity contribution is 7.45. The third kappa shape index (κ3) is 72.3. The van der Waals surface area contributed by atoms with Crippen molar-refractivity contribution in [2.45, 2.75) is 354 Å². The summed E-state index contributed by atoms with van der Waals surface area (Å²) >= 11 is 0. The Kier molecular flexibility index (Phi) is 66.4. The summed E-state index contributed by atoms with van der Waals surface area (Å²) < 4.78 is 34.4. The fourth-order valence-corrected chi connectivity index (χ4v) is 11.4. The Bertz CT molecular complexity index is 1760. The fraction of sp³-hybridized carbons (Fsp3) is 0.795. The second kappa shape index (κ2) is 68.6. The molecule has 0 spiro atoms. The second-order valence-electron chi connectivity index (χ2n) is 26.3. The fourth-order valence-electron chi connectivity index (χ4n) is 10.7. The van der Waals surface area contributed by atoms with Gasteiger partial charge in [0.15, 0.2) is 6.10 Å². The summed E-state index contributed by atoms with van der Waals surface area (Å²) in [6.07, 6.45) is 93.9. The first-order valence-electron chi connectivity index (χ1n) is 37.3. The Morgan fingerprint density at radius 3 is 0.977 bits per heavy atom. The Balaban J connectivity index is 3.98. The van der Waals surface area contributed by atoms with Gasteiger partial charge in [0.05, 0.1) is 27.7 Å². The normalized spacial score (nSPS) is 13.6. The molecule has 10 heteroatoms. The van der Waals surface area contributed by atoms with Crippen LogP contribution in [0.2, 0.25) is 0 Å². The Hall–Kier alpha value is -2.81. The molecule has 0 amide bonds. The third-order valence-electron chi connectivity index (χ3n) is 16.4. The maximum atomic E-state index is 12.9. The zero-order valence-electron chi connectivity index (χ0n) is 58.4. The van der Waals surface area contributed by atoms with Crippen LogP contribution in [0.4, 0.5) is 0 Å². The average molecular weight is 1250 g/mol. The van der Waals surface area contributed by atoms with Crippen molar-refractivity contribution < 1.29 is 42.1 Å². The van der Waals surface area contributed by atoms with E-state index in [1.807, 2.05) is 21.1 Å². The van der Waals surface area contributed by atoms with Gasteiger partial charge in [0.1, 0.15) is 19.8 Å². The monoisotopic (exact) mass is 1250 g/mol. The van der Waals surface area contributed by atoms with Gasteiger partial charge < -0.3 is 27.9 Å². The molecule has 0 aliphatic rings. The minimum absolute atomic E-state index is 0.0306. The summed E-state index contributed by atoms with van der Waals surface area (Å²) in [7, 11) is 1.18. The standard InChI is InChI=1S/C78H142NO8P/c1-6-8-10-12-14-16-18-20-22-24-26-28-30-32-34-35-36-37-38-39-40-41-42-43-45-47-49-51-53-55-57-59-61-63-65-67-69-71-78(81)87-76(75-86-88(82,83)85-73-72-79(3,4)5)74-84-77(80)70-68-66-64-62-60-58-56-54-52-50-48-46-44-33-31-29-27-25-23-21-19-17-15-13-11-9-7-2/h8,10,14,16,20,22,25-28,32,34,36-37,76H,6-7,9,11-13,15,17-19,21,23-24,29-31,33,35,38-75H2,1-5H3/b10-8-,16-14-,22-20-,27-25-,28-26-,34-32-,37-36-. The highest BCUT2D eigenvalue weighted by Crippen LogP contribution is 2.38. The van der Waals surface area contributed by atoms with Crippen LogP contribution in [0.1, 0.15) is 348 Å². The van der Waals surface area contributed by atoms with E-state index in [0.717, 1.165) is 77.0 Å². The van der Waals surface area contributed by atoms with Crippen molar-refractivity contribution in [1.82, 2.24) is 0 Å². The number of esters is 2. The van der Waals surface area contributed by atoms with Gasteiger partial charge in [0, 0.05) is 12.8 Å². The molecule has 0 rings (SSSR count). The van der Waals surface area contributed by atoms with Crippen LogP contribution in [0, 0.1) is 0 Å². The smallest absolute Gasteiger partial charge is 0.306 e. The van der Waals surface area contributed by atoms with Gasteiger partial charge in [-0.2, -0.15) is 0 Å². The summed E-state index contributed by atoms with van der Waals surface area (Å²) in [5, 5.41) is 0. The van der Waals surface area contributed by atoms with Gasteiger partial charge >= 0.3 is 11.9 Å². The summed E-state index contributed by atoms with van der Waals surface area (Å²) in [5.41, 5.74) is 0. The maximum absolute atomic E-state index is 12.9. The minimum atomic E-state index is -4.64. The summed E-state index contributed by atoms with van der Waals surface area (Å²) in [6, 6.07) is 0. The number of hydrogen-bond acceptors (Lipinski definition) is 8. The molecule has 2 atom stereocenters. The molecule has 0 bridgehead atoms. The van der Waals surface area contributed by atoms with Gasteiger partial charge in [0.2, 0.25) is 0 Å². The number of carbonyl (C=O) groups is 2. The van der Waals surface area contributed by atoms with Crippen molar-refractivity contribution in [3.8, 4) is 0 Å². The maximum Gasteiger partial charge on any atom is 0.306 e. The van der Waals surface area contributed by atoms with Crippen LogP contribution in [0.3, 0.4) is 0 Å². The molecule has 0 aliphatic heterocycles. The number of allylic oxidation sites excluding steroid dienone is 14. The lowest BCUT2D eigenvalue weighted by molar-refractivity contribution is -0.870. The van der Waals surface area contributed by atoms with Crippen molar-refractivity contribution >= 4 is 19.8 Å². The molecule has 88 heavy (non-hydrogen) atoms. The Labute approximate surface area is 545 Å². The quantitative estimate of drug-likeness (QED) is 0.0195. The topological polar surface area (TPSA) is 111 Å². The van der Waals surface area contributed by atoms with Crippen molar-refractivity contribution in [3.05, 3.63) is 85.1 Å². The molecule has 0 aromatic heterocycles. The molecule has 2 unspecified atom stereocenters. The number of ether oxygens (including phenoxy) is 2. The number of carbonyl (C=O) groups excluding carboxylic acids is 2. The van der Waals surface area contributed by atoms with Gasteiger partial charge in [-0.15, -0.1) is 0 Å². The predicted octanol–water partition coefficient (Wildman–Crippen LogP) is 23.9. The molecule has 0 aromatic carbocycles. The first kappa shape index (κ1) is 85.2. The van der Waals surface area contributed by atoms with Crippen molar-refractivity contribution in [3.63, 3.8) is 0 Å². The van der Waals surface area contributed by atoms with E-state index >= 15 is 0 Å². The molecule has 0 heterocycles. The summed E-state index contributed by atoms with van der Waals surface area (Å²) in [5.74, 6) is -0.818. The largest absolute Gasteiger partial charge is 0.756 e. The summed E-state index contributed by atoms with van der Waals surface area (Å²) in [6.45, 7) is 4.18. The molecule has 0 saturated carbocycles. The SMILES string of the molecule is CC/C=C\C/C=C\C/C=C\C/C=C\C/C=C\C/C=C\CCCCCCCCCCCCCCCCCCCCC(=O)OC(COC(=O)CCCCCCCCCCCCCCCCC/C=C\CCCCCCCCCC)COP(=O)([O-])OCC[N+](C)(C)C. The number of quaternary nitrogens is 1. The second-order valence-corrected chi connectivity index (χ2v) is 27.7. The van der Waals surface area contributed by atoms with Crippen LogP contribution in [0.15, 0.2) is 85.1 Å². The predicted molar refractivity (Wildman–Crippen MR) is 379 cm³/mol. The highest BCUT2D eigenvalue weighted by atomic mass is 31.2. The molecule has 0 saturated heterocycles. The van der Waals surface area contributed by atoms with Crippen LogP contribution < -0.4 is 4.89 Å². The zero-order valence-corrected chi connectivity index (χ0v) is 59.3.